The molecule has 2 heterocycles. The zero-order valence-electron chi connectivity index (χ0n) is 30.0. The molecular formula is C45H27N3S. The fourth-order valence-corrected chi connectivity index (χ4v) is 8.10. The van der Waals surface area contributed by atoms with Crippen molar-refractivity contribution in [3.05, 3.63) is 164 Å². The van der Waals surface area contributed by atoms with Crippen LogP contribution < -0.4 is 0 Å². The summed E-state index contributed by atoms with van der Waals surface area (Å²) in [4.78, 5) is 14.7. The minimum Gasteiger partial charge on any atom is -0.208 e. The van der Waals surface area contributed by atoms with E-state index in [-0.39, 0.29) is 41.1 Å². The van der Waals surface area contributed by atoms with Crippen molar-refractivity contribution in [1.82, 2.24) is 15.0 Å². The van der Waals surface area contributed by atoms with Gasteiger partial charge in [-0.05, 0) is 61.6 Å². The van der Waals surface area contributed by atoms with E-state index in [2.05, 4.69) is 42.5 Å². The van der Waals surface area contributed by atoms with Gasteiger partial charge in [-0.1, -0.05) is 145 Å². The first-order valence-corrected chi connectivity index (χ1v) is 16.9. The van der Waals surface area contributed by atoms with Gasteiger partial charge in [0.1, 0.15) is 0 Å². The number of benzene rings is 8. The van der Waals surface area contributed by atoms with Crippen LogP contribution >= 0.6 is 11.3 Å². The predicted octanol–water partition coefficient (Wildman–Crippen LogP) is 12.4. The van der Waals surface area contributed by atoms with Crippen LogP contribution in [0.2, 0.25) is 0 Å². The van der Waals surface area contributed by atoms with Gasteiger partial charge in [0, 0.05) is 36.9 Å². The van der Waals surface area contributed by atoms with Crippen LogP contribution in [0.5, 0.6) is 0 Å². The highest BCUT2D eigenvalue weighted by Crippen LogP contribution is 2.41. The number of fused-ring (bicyclic) bond motifs is 7. The number of nitrogens with zero attached hydrogens (tertiary/aromatic N) is 3. The molecule has 0 spiro atoms. The lowest BCUT2D eigenvalue weighted by Gasteiger charge is -2.14. The maximum atomic E-state index is 9.52. The predicted molar refractivity (Wildman–Crippen MR) is 207 cm³/mol. The molecule has 0 fully saturated rings. The standard InChI is InChI=1S/C45H27N3S/c1-2-12-30(13-3-1)43-46-44(48-45(47-43)38-19-10-18-37-35-17-8-9-20-40(35)49-42(37)38)31-23-21-29(22-24-31)41-34-16-7-5-14-32(34)27-39-33-15-6-4-11-28(33)25-26-36(39)41/h1-27H/i21D,22D,23D,24D. The van der Waals surface area contributed by atoms with E-state index in [1.807, 2.05) is 97.1 Å². The Balaban J connectivity index is 1.25. The van der Waals surface area contributed by atoms with E-state index in [1.54, 1.807) is 11.3 Å². The van der Waals surface area contributed by atoms with E-state index in [1.165, 1.54) is 0 Å². The molecule has 10 rings (SSSR count). The lowest BCUT2D eigenvalue weighted by atomic mass is 9.89. The van der Waals surface area contributed by atoms with Crippen LogP contribution in [-0.4, -0.2) is 15.0 Å². The lowest BCUT2D eigenvalue weighted by Crippen LogP contribution is -2.00. The van der Waals surface area contributed by atoms with Crippen molar-refractivity contribution in [2.45, 2.75) is 0 Å². The van der Waals surface area contributed by atoms with Gasteiger partial charge in [-0.3, -0.25) is 0 Å². The van der Waals surface area contributed by atoms with Gasteiger partial charge < -0.3 is 0 Å². The van der Waals surface area contributed by atoms with E-state index < -0.39 is 0 Å². The molecule has 0 N–H and O–H groups in total. The van der Waals surface area contributed by atoms with Crippen molar-refractivity contribution >= 4 is 63.8 Å². The van der Waals surface area contributed by atoms with Crippen LogP contribution in [0.1, 0.15) is 5.48 Å². The Hall–Kier alpha value is -6.23. The summed E-state index contributed by atoms with van der Waals surface area (Å²) in [6.45, 7) is 0. The molecule has 0 aliphatic heterocycles. The van der Waals surface area contributed by atoms with E-state index in [9.17, 15) is 5.48 Å². The summed E-state index contributed by atoms with van der Waals surface area (Å²) >= 11 is 1.67. The topological polar surface area (TPSA) is 38.7 Å². The first-order valence-electron chi connectivity index (χ1n) is 18.1. The van der Waals surface area contributed by atoms with Gasteiger partial charge in [0.25, 0.3) is 0 Å². The summed E-state index contributed by atoms with van der Waals surface area (Å²) in [5.41, 5.74) is 2.51. The Morgan fingerprint density at radius 2 is 1.04 bits per heavy atom. The molecule has 0 amide bonds. The minimum atomic E-state index is -0.209. The van der Waals surface area contributed by atoms with E-state index in [4.69, 9.17) is 15.0 Å². The molecule has 3 nitrogen and oxygen atoms in total. The van der Waals surface area contributed by atoms with Crippen molar-refractivity contribution in [3.8, 4) is 45.3 Å². The van der Waals surface area contributed by atoms with E-state index >= 15 is 0 Å². The highest BCUT2D eigenvalue weighted by Gasteiger charge is 2.17. The second-order valence-corrected chi connectivity index (χ2v) is 13.1. The highest BCUT2D eigenvalue weighted by atomic mass is 32.1. The molecule has 4 heteroatoms. The zero-order chi connectivity index (χ0) is 35.8. The van der Waals surface area contributed by atoms with Gasteiger partial charge in [0.05, 0.1) is 5.48 Å². The molecule has 0 aliphatic rings. The fourth-order valence-electron chi connectivity index (χ4n) is 6.89. The van der Waals surface area contributed by atoms with Gasteiger partial charge in [0.15, 0.2) is 17.5 Å². The Morgan fingerprint density at radius 1 is 0.408 bits per heavy atom. The molecule has 49 heavy (non-hydrogen) atoms. The first kappa shape index (κ1) is 24.0. The quantitative estimate of drug-likeness (QED) is 0.141. The summed E-state index contributed by atoms with van der Waals surface area (Å²) in [6, 6.07) is 45.5. The van der Waals surface area contributed by atoms with Crippen molar-refractivity contribution in [2.75, 3.05) is 0 Å². The summed E-state index contributed by atoms with van der Waals surface area (Å²) in [5, 5.41) is 8.05. The minimum absolute atomic E-state index is 0.0306. The molecular weight excluding hydrogens is 615 g/mol. The number of hydrogen-bond acceptors (Lipinski definition) is 4. The summed E-state index contributed by atoms with van der Waals surface area (Å²) in [6.07, 6.45) is 0. The molecule has 0 aliphatic carbocycles. The van der Waals surface area contributed by atoms with Crippen LogP contribution in [0.3, 0.4) is 0 Å². The molecule has 0 unspecified atom stereocenters. The summed E-state index contributed by atoms with van der Waals surface area (Å²) in [7, 11) is 0. The third kappa shape index (κ3) is 4.61. The van der Waals surface area contributed by atoms with Crippen molar-refractivity contribution in [1.29, 1.82) is 0 Å². The monoisotopic (exact) mass is 645 g/mol. The van der Waals surface area contributed by atoms with Crippen LogP contribution in [-0.2, 0) is 0 Å². The third-order valence-electron chi connectivity index (χ3n) is 9.18. The second kappa shape index (κ2) is 11.2. The Labute approximate surface area is 292 Å². The van der Waals surface area contributed by atoms with Gasteiger partial charge in [-0.15, -0.1) is 11.3 Å². The van der Waals surface area contributed by atoms with Crippen LogP contribution in [0.4, 0.5) is 0 Å². The zero-order valence-corrected chi connectivity index (χ0v) is 26.8. The molecule has 2 aromatic heterocycles. The van der Waals surface area contributed by atoms with E-state index in [0.29, 0.717) is 17.2 Å². The molecule has 0 radical (unpaired) electrons. The highest BCUT2D eigenvalue weighted by molar-refractivity contribution is 7.26. The van der Waals surface area contributed by atoms with Gasteiger partial charge in [-0.25, -0.2) is 15.0 Å². The molecule has 0 saturated heterocycles. The number of thiophene rings is 1. The maximum absolute atomic E-state index is 9.52. The van der Waals surface area contributed by atoms with Gasteiger partial charge >= 0.3 is 0 Å². The average Bonchev–Trinajstić information content (AvgIpc) is 3.59. The molecule has 0 saturated carbocycles. The molecule has 0 bridgehead atoms. The summed E-state index contributed by atoms with van der Waals surface area (Å²) < 4.78 is 40.2. The van der Waals surface area contributed by atoms with Crippen molar-refractivity contribution in [2.24, 2.45) is 0 Å². The Kier molecular flexibility index (Phi) is 5.48. The Bertz CT molecular complexity index is 3090. The number of hydrogen-bond donors (Lipinski definition) is 0. The number of rotatable bonds is 4. The smallest absolute Gasteiger partial charge is 0.165 e. The normalized spacial score (nSPS) is 12.8. The van der Waals surface area contributed by atoms with E-state index in [0.717, 1.165) is 63.6 Å². The average molecular weight is 646 g/mol. The summed E-state index contributed by atoms with van der Waals surface area (Å²) in [5.74, 6) is 0.875. The Morgan fingerprint density at radius 3 is 1.88 bits per heavy atom. The van der Waals surface area contributed by atoms with Gasteiger partial charge in [-0.2, -0.15) is 0 Å². The molecule has 0 atom stereocenters. The molecule has 228 valence electrons. The third-order valence-corrected chi connectivity index (χ3v) is 10.4. The second-order valence-electron chi connectivity index (χ2n) is 12.1. The van der Waals surface area contributed by atoms with Crippen LogP contribution in [0, 0.1) is 0 Å². The fraction of sp³-hybridized carbons (Fsp3) is 0. The van der Waals surface area contributed by atoms with Crippen molar-refractivity contribution in [3.63, 3.8) is 0 Å². The lowest BCUT2D eigenvalue weighted by molar-refractivity contribution is 1.08. The molecule has 10 aromatic rings. The van der Waals surface area contributed by atoms with Crippen LogP contribution in [0.15, 0.2) is 164 Å². The van der Waals surface area contributed by atoms with Crippen LogP contribution in [0.25, 0.3) is 97.8 Å². The SMILES string of the molecule is [2H]c1c([2H])c(-c2c3ccccc3cc3c2ccc2ccccc23)c([2H])c([2H])c1-c1nc(-c2ccccc2)nc(-c2cccc3c2sc2ccccc23)n1. The van der Waals surface area contributed by atoms with Gasteiger partial charge in [0.2, 0.25) is 0 Å². The molecule has 8 aromatic carbocycles. The first-order chi connectivity index (χ1) is 26.0. The number of aromatic nitrogens is 3. The van der Waals surface area contributed by atoms with Crippen molar-refractivity contribution < 1.29 is 5.48 Å². The largest absolute Gasteiger partial charge is 0.208 e. The maximum Gasteiger partial charge on any atom is 0.165 e.